The molecule has 1 aromatic rings. The first-order valence-corrected chi connectivity index (χ1v) is 9.35. The molecular formula is C16H27NO3S. The summed E-state index contributed by atoms with van der Waals surface area (Å²) >= 11 is 0. The number of sulfone groups is 1. The van der Waals surface area contributed by atoms with Crippen molar-refractivity contribution >= 4 is 9.84 Å². The van der Waals surface area contributed by atoms with E-state index in [1.165, 1.54) is 6.26 Å². The lowest BCUT2D eigenvalue weighted by atomic mass is 10.2. The van der Waals surface area contributed by atoms with Gasteiger partial charge in [0.25, 0.3) is 0 Å². The molecule has 1 rings (SSSR count). The topological polar surface area (TPSA) is 55.4 Å². The van der Waals surface area contributed by atoms with Crippen LogP contribution in [-0.4, -0.2) is 33.9 Å². The zero-order chi connectivity index (χ0) is 15.9. The third-order valence-corrected chi connectivity index (χ3v) is 4.23. The van der Waals surface area contributed by atoms with Gasteiger partial charge in [-0.15, -0.1) is 0 Å². The van der Waals surface area contributed by atoms with Gasteiger partial charge in [0.2, 0.25) is 0 Å². The molecule has 120 valence electrons. The molecule has 0 heterocycles. The van der Waals surface area contributed by atoms with Crippen LogP contribution in [0, 0.1) is 5.92 Å². The summed E-state index contributed by atoms with van der Waals surface area (Å²) in [5.74, 6) is 1.39. The average molecular weight is 313 g/mol. The normalized spacial score (nSPS) is 13.4. The van der Waals surface area contributed by atoms with Crippen molar-refractivity contribution < 1.29 is 13.2 Å². The van der Waals surface area contributed by atoms with Gasteiger partial charge in [-0.3, -0.25) is 0 Å². The first-order chi connectivity index (χ1) is 9.79. The Hall–Kier alpha value is -1.07. The van der Waals surface area contributed by atoms with Gasteiger partial charge in [-0.2, -0.15) is 0 Å². The molecule has 0 radical (unpaired) electrons. The van der Waals surface area contributed by atoms with Gasteiger partial charge in [0.1, 0.15) is 5.75 Å². The van der Waals surface area contributed by atoms with Crippen molar-refractivity contribution in [1.29, 1.82) is 0 Å². The molecule has 5 heteroatoms. The lowest BCUT2D eigenvalue weighted by Crippen LogP contribution is -2.22. The molecule has 0 aromatic heterocycles. The first kappa shape index (κ1) is 18.0. The Morgan fingerprint density at radius 3 is 2.29 bits per heavy atom. The number of hydrogen-bond acceptors (Lipinski definition) is 4. The van der Waals surface area contributed by atoms with Gasteiger partial charge in [-0.25, -0.2) is 8.42 Å². The SMILES string of the molecule is CC(C)CNCCCC(C)Oc1ccc(S(C)(=O)=O)cc1. The fourth-order valence-electron chi connectivity index (χ4n) is 1.96. The standard InChI is InChI=1S/C16H27NO3S/c1-13(2)12-17-11-5-6-14(3)20-15-7-9-16(10-8-15)21(4,18)19/h7-10,13-14,17H,5-6,11-12H2,1-4H3. The number of nitrogens with one attached hydrogen (secondary N) is 1. The summed E-state index contributed by atoms with van der Waals surface area (Å²) in [6.45, 7) is 8.46. The number of hydrogen-bond donors (Lipinski definition) is 1. The summed E-state index contributed by atoms with van der Waals surface area (Å²) in [5, 5.41) is 3.41. The Balaban J connectivity index is 2.33. The Labute approximate surface area is 128 Å². The van der Waals surface area contributed by atoms with Crippen LogP contribution >= 0.6 is 0 Å². The van der Waals surface area contributed by atoms with Gasteiger partial charge in [0.15, 0.2) is 9.84 Å². The van der Waals surface area contributed by atoms with Crippen molar-refractivity contribution in [2.45, 2.75) is 44.6 Å². The van der Waals surface area contributed by atoms with Crippen LogP contribution in [-0.2, 0) is 9.84 Å². The van der Waals surface area contributed by atoms with E-state index in [4.69, 9.17) is 4.74 Å². The minimum atomic E-state index is -3.14. The highest BCUT2D eigenvalue weighted by molar-refractivity contribution is 7.90. The summed E-state index contributed by atoms with van der Waals surface area (Å²) in [5.41, 5.74) is 0. The van der Waals surface area contributed by atoms with E-state index in [2.05, 4.69) is 19.2 Å². The van der Waals surface area contributed by atoms with Crippen molar-refractivity contribution in [3.63, 3.8) is 0 Å². The quantitative estimate of drug-likeness (QED) is 0.712. The van der Waals surface area contributed by atoms with Crippen LogP contribution in [0.25, 0.3) is 0 Å². The van der Waals surface area contributed by atoms with E-state index in [1.54, 1.807) is 24.3 Å². The molecule has 0 amide bonds. The maximum absolute atomic E-state index is 11.4. The largest absolute Gasteiger partial charge is 0.491 e. The van der Waals surface area contributed by atoms with Crippen molar-refractivity contribution in [3.8, 4) is 5.75 Å². The van der Waals surface area contributed by atoms with E-state index in [9.17, 15) is 8.42 Å². The van der Waals surface area contributed by atoms with Crippen molar-refractivity contribution in [2.75, 3.05) is 19.3 Å². The summed E-state index contributed by atoms with van der Waals surface area (Å²) in [7, 11) is -3.14. The second-order valence-electron chi connectivity index (χ2n) is 5.91. The van der Waals surface area contributed by atoms with E-state index >= 15 is 0 Å². The molecule has 4 nitrogen and oxygen atoms in total. The molecule has 0 fully saturated rings. The Morgan fingerprint density at radius 1 is 1.14 bits per heavy atom. The highest BCUT2D eigenvalue weighted by Crippen LogP contribution is 2.18. The predicted molar refractivity (Wildman–Crippen MR) is 86.6 cm³/mol. The van der Waals surface area contributed by atoms with Crippen LogP contribution in [0.4, 0.5) is 0 Å². The van der Waals surface area contributed by atoms with Crippen LogP contribution < -0.4 is 10.1 Å². The molecule has 0 aliphatic carbocycles. The van der Waals surface area contributed by atoms with Gasteiger partial charge < -0.3 is 10.1 Å². The zero-order valence-electron chi connectivity index (χ0n) is 13.4. The molecule has 0 saturated carbocycles. The first-order valence-electron chi connectivity index (χ1n) is 7.46. The fourth-order valence-corrected chi connectivity index (χ4v) is 2.59. The number of benzene rings is 1. The molecule has 0 aliphatic heterocycles. The van der Waals surface area contributed by atoms with Crippen LogP contribution in [0.15, 0.2) is 29.2 Å². The maximum atomic E-state index is 11.4. The Kier molecular flexibility index (Phi) is 7.18. The van der Waals surface area contributed by atoms with E-state index in [0.717, 1.165) is 25.9 Å². The highest BCUT2D eigenvalue weighted by Gasteiger charge is 2.08. The predicted octanol–water partition coefficient (Wildman–Crippen LogP) is 2.88. The maximum Gasteiger partial charge on any atom is 0.175 e. The van der Waals surface area contributed by atoms with Crippen LogP contribution in [0.2, 0.25) is 0 Å². The van der Waals surface area contributed by atoms with Gasteiger partial charge in [-0.05, 0) is 63.0 Å². The van der Waals surface area contributed by atoms with Gasteiger partial charge >= 0.3 is 0 Å². The van der Waals surface area contributed by atoms with Crippen LogP contribution in [0.3, 0.4) is 0 Å². The number of ether oxygens (including phenoxy) is 1. The molecule has 1 unspecified atom stereocenters. The van der Waals surface area contributed by atoms with E-state index in [-0.39, 0.29) is 6.10 Å². The van der Waals surface area contributed by atoms with E-state index in [1.807, 2.05) is 6.92 Å². The average Bonchev–Trinajstić information content (AvgIpc) is 2.37. The molecule has 1 aromatic carbocycles. The van der Waals surface area contributed by atoms with Gasteiger partial charge in [0, 0.05) is 6.26 Å². The Bertz CT molecular complexity index is 509. The third kappa shape index (κ3) is 7.48. The molecule has 0 bridgehead atoms. The zero-order valence-corrected chi connectivity index (χ0v) is 14.2. The van der Waals surface area contributed by atoms with Crippen LogP contribution in [0.5, 0.6) is 5.75 Å². The van der Waals surface area contributed by atoms with Crippen molar-refractivity contribution in [2.24, 2.45) is 5.92 Å². The van der Waals surface area contributed by atoms with Gasteiger partial charge in [-0.1, -0.05) is 13.8 Å². The second kappa shape index (κ2) is 8.39. The van der Waals surface area contributed by atoms with Gasteiger partial charge in [0.05, 0.1) is 11.0 Å². The third-order valence-electron chi connectivity index (χ3n) is 3.11. The van der Waals surface area contributed by atoms with E-state index < -0.39 is 9.84 Å². The monoisotopic (exact) mass is 313 g/mol. The fraction of sp³-hybridized carbons (Fsp3) is 0.625. The smallest absolute Gasteiger partial charge is 0.175 e. The summed E-state index contributed by atoms with van der Waals surface area (Å²) in [6.07, 6.45) is 3.36. The number of rotatable bonds is 9. The van der Waals surface area contributed by atoms with Crippen molar-refractivity contribution in [1.82, 2.24) is 5.32 Å². The minimum Gasteiger partial charge on any atom is -0.491 e. The van der Waals surface area contributed by atoms with Crippen LogP contribution in [0.1, 0.15) is 33.6 Å². The molecule has 0 aliphatic rings. The summed E-state index contributed by atoms with van der Waals surface area (Å²) < 4.78 is 28.5. The van der Waals surface area contributed by atoms with Crippen molar-refractivity contribution in [3.05, 3.63) is 24.3 Å². The summed E-state index contributed by atoms with van der Waals surface area (Å²) in [6, 6.07) is 6.59. The Morgan fingerprint density at radius 2 is 1.76 bits per heavy atom. The molecule has 1 N–H and O–H groups in total. The molecule has 1 atom stereocenters. The molecule has 0 saturated heterocycles. The molecular weight excluding hydrogens is 286 g/mol. The lowest BCUT2D eigenvalue weighted by Gasteiger charge is -2.15. The van der Waals surface area contributed by atoms with E-state index in [0.29, 0.717) is 16.6 Å². The molecule has 21 heavy (non-hydrogen) atoms. The highest BCUT2D eigenvalue weighted by atomic mass is 32.2. The molecule has 0 spiro atoms. The summed E-state index contributed by atoms with van der Waals surface area (Å²) in [4.78, 5) is 0.320. The lowest BCUT2D eigenvalue weighted by molar-refractivity contribution is 0.207. The minimum absolute atomic E-state index is 0.120. The second-order valence-corrected chi connectivity index (χ2v) is 7.93.